The van der Waals surface area contributed by atoms with Gasteiger partial charge in [-0.15, -0.1) is 0 Å². The van der Waals surface area contributed by atoms with Crippen molar-refractivity contribution in [2.45, 2.75) is 38.7 Å². The van der Waals surface area contributed by atoms with Crippen LogP contribution in [0.5, 0.6) is 5.75 Å². The lowest BCUT2D eigenvalue weighted by molar-refractivity contribution is -0.133. The van der Waals surface area contributed by atoms with Gasteiger partial charge in [0.2, 0.25) is 5.91 Å². The molecule has 0 saturated carbocycles. The maximum absolute atomic E-state index is 12.2. The lowest BCUT2D eigenvalue weighted by Crippen LogP contribution is -2.41. The minimum atomic E-state index is -0.145. The summed E-state index contributed by atoms with van der Waals surface area (Å²) in [6.07, 6.45) is 3.10. The maximum atomic E-state index is 12.2. The van der Waals surface area contributed by atoms with Crippen molar-refractivity contribution in [1.82, 2.24) is 15.1 Å². The topological polar surface area (TPSA) is 61.9 Å². The summed E-state index contributed by atoms with van der Waals surface area (Å²) in [7, 11) is 3.92. The minimum absolute atomic E-state index is 0.0351. The van der Waals surface area contributed by atoms with Crippen molar-refractivity contribution in [3.8, 4) is 5.75 Å². The molecule has 0 spiro atoms. The first-order valence-electron chi connectivity index (χ1n) is 9.57. The molecule has 7 heteroatoms. The Bertz CT molecular complexity index is 643. The number of piperidine rings is 1. The fourth-order valence-electron chi connectivity index (χ4n) is 3.01. The summed E-state index contributed by atoms with van der Waals surface area (Å²) in [5, 5.41) is 3.30. The largest absolute Gasteiger partial charge is 0.489 e. The van der Waals surface area contributed by atoms with Gasteiger partial charge in [-0.1, -0.05) is 18.5 Å². The third-order valence-electron chi connectivity index (χ3n) is 4.59. The Balaban J connectivity index is 1.86. The number of nitrogens with one attached hydrogen (secondary N) is 1. The highest BCUT2D eigenvalue weighted by Gasteiger charge is 2.24. The average molecular weight is 396 g/mol. The molecule has 27 heavy (non-hydrogen) atoms. The van der Waals surface area contributed by atoms with Crippen LogP contribution in [-0.4, -0.2) is 68.0 Å². The van der Waals surface area contributed by atoms with Crippen LogP contribution in [0.2, 0.25) is 5.02 Å². The van der Waals surface area contributed by atoms with E-state index in [1.165, 1.54) is 0 Å². The fourth-order valence-corrected chi connectivity index (χ4v) is 3.23. The summed E-state index contributed by atoms with van der Waals surface area (Å²) in [5.41, 5.74) is 0.520. The van der Waals surface area contributed by atoms with Gasteiger partial charge in [-0.3, -0.25) is 9.59 Å². The summed E-state index contributed by atoms with van der Waals surface area (Å²) in [6.45, 7) is 4.81. The highest BCUT2D eigenvalue weighted by Crippen LogP contribution is 2.28. The number of likely N-dealkylation sites (tertiary alicyclic amines) is 1. The Labute approximate surface area is 166 Å². The minimum Gasteiger partial charge on any atom is -0.489 e. The van der Waals surface area contributed by atoms with Gasteiger partial charge in [0.05, 0.1) is 5.02 Å². The second kappa shape index (κ2) is 10.5. The fraction of sp³-hybridized carbons (Fsp3) is 0.600. The Morgan fingerprint density at radius 3 is 2.59 bits per heavy atom. The van der Waals surface area contributed by atoms with Gasteiger partial charge in [0.15, 0.2) is 0 Å². The van der Waals surface area contributed by atoms with Crippen molar-refractivity contribution >= 4 is 23.4 Å². The van der Waals surface area contributed by atoms with Crippen LogP contribution in [0.25, 0.3) is 0 Å². The van der Waals surface area contributed by atoms with E-state index >= 15 is 0 Å². The van der Waals surface area contributed by atoms with Crippen molar-refractivity contribution in [2.75, 3.05) is 40.3 Å². The zero-order valence-electron chi connectivity index (χ0n) is 16.5. The smallest absolute Gasteiger partial charge is 0.251 e. The molecule has 1 aliphatic heterocycles. The summed E-state index contributed by atoms with van der Waals surface area (Å²) in [5.74, 6) is 0.659. The quantitative estimate of drug-likeness (QED) is 0.735. The molecule has 0 atom stereocenters. The number of carbonyl (C=O) groups is 2. The average Bonchev–Trinajstić information content (AvgIpc) is 2.63. The first-order valence-corrected chi connectivity index (χ1v) is 9.95. The van der Waals surface area contributed by atoms with E-state index in [0.717, 1.165) is 25.8 Å². The van der Waals surface area contributed by atoms with Crippen LogP contribution in [0.15, 0.2) is 18.2 Å². The molecule has 1 saturated heterocycles. The molecular weight excluding hydrogens is 366 g/mol. The monoisotopic (exact) mass is 395 g/mol. The van der Waals surface area contributed by atoms with E-state index in [2.05, 4.69) is 5.32 Å². The van der Waals surface area contributed by atoms with Gasteiger partial charge >= 0.3 is 0 Å². The Morgan fingerprint density at radius 1 is 1.30 bits per heavy atom. The first-order chi connectivity index (χ1) is 12.9. The van der Waals surface area contributed by atoms with Crippen molar-refractivity contribution in [3.05, 3.63) is 28.8 Å². The van der Waals surface area contributed by atoms with Crippen molar-refractivity contribution in [1.29, 1.82) is 0 Å². The molecule has 2 rings (SSSR count). The second-order valence-electron chi connectivity index (χ2n) is 7.15. The Kier molecular flexibility index (Phi) is 8.38. The molecule has 1 fully saturated rings. The summed E-state index contributed by atoms with van der Waals surface area (Å²) >= 11 is 6.32. The molecule has 2 amide bonds. The number of halogens is 1. The van der Waals surface area contributed by atoms with Crippen LogP contribution in [0, 0.1) is 0 Å². The van der Waals surface area contributed by atoms with Crippen LogP contribution in [0.3, 0.4) is 0 Å². The van der Waals surface area contributed by atoms with Gasteiger partial charge in [-0.25, -0.2) is 0 Å². The van der Waals surface area contributed by atoms with E-state index in [0.29, 0.717) is 42.4 Å². The van der Waals surface area contributed by atoms with E-state index in [4.69, 9.17) is 16.3 Å². The Hall–Kier alpha value is -1.79. The number of nitrogens with zero attached hydrogens (tertiary/aromatic N) is 2. The standard InChI is InChI=1S/C20H30ClN3O3/c1-4-5-19(25)24-11-8-16(9-12-24)27-18-7-6-15(14-17(18)21)20(26)22-10-13-23(2)3/h6-7,14,16H,4-5,8-13H2,1-3H3,(H,22,26). The van der Waals surface area contributed by atoms with Gasteiger partial charge in [0.25, 0.3) is 5.91 Å². The highest BCUT2D eigenvalue weighted by atomic mass is 35.5. The number of amides is 2. The van der Waals surface area contributed by atoms with E-state index in [1.54, 1.807) is 18.2 Å². The van der Waals surface area contributed by atoms with E-state index in [1.807, 2.05) is 30.8 Å². The third-order valence-corrected chi connectivity index (χ3v) is 4.89. The van der Waals surface area contributed by atoms with E-state index in [9.17, 15) is 9.59 Å². The summed E-state index contributed by atoms with van der Waals surface area (Å²) in [4.78, 5) is 28.0. The molecule has 1 aromatic carbocycles. The molecule has 0 aliphatic carbocycles. The molecule has 0 unspecified atom stereocenters. The summed E-state index contributed by atoms with van der Waals surface area (Å²) < 4.78 is 6.01. The van der Waals surface area contributed by atoms with Gasteiger partial charge in [0, 0.05) is 51.0 Å². The van der Waals surface area contributed by atoms with Crippen molar-refractivity contribution in [2.24, 2.45) is 0 Å². The normalized spacial score (nSPS) is 15.1. The third kappa shape index (κ3) is 6.70. The summed E-state index contributed by atoms with van der Waals surface area (Å²) in [6, 6.07) is 5.12. The zero-order valence-corrected chi connectivity index (χ0v) is 17.2. The number of hydrogen-bond acceptors (Lipinski definition) is 4. The Morgan fingerprint density at radius 2 is 2.00 bits per heavy atom. The number of likely N-dealkylation sites (N-methyl/N-ethyl adjacent to an activating group) is 1. The molecule has 1 aliphatic rings. The predicted octanol–water partition coefficient (Wildman–Crippen LogP) is 2.80. The van der Waals surface area contributed by atoms with Crippen LogP contribution >= 0.6 is 11.6 Å². The number of hydrogen-bond donors (Lipinski definition) is 1. The molecule has 1 N–H and O–H groups in total. The lowest BCUT2D eigenvalue weighted by atomic mass is 10.1. The molecule has 1 heterocycles. The molecular formula is C20H30ClN3O3. The molecule has 150 valence electrons. The molecule has 1 aromatic rings. The zero-order chi connectivity index (χ0) is 19.8. The van der Waals surface area contributed by atoms with Gasteiger partial charge in [0.1, 0.15) is 11.9 Å². The SMILES string of the molecule is CCCC(=O)N1CCC(Oc2ccc(C(=O)NCCN(C)C)cc2Cl)CC1. The highest BCUT2D eigenvalue weighted by molar-refractivity contribution is 6.32. The van der Waals surface area contributed by atoms with Crippen LogP contribution < -0.4 is 10.1 Å². The molecule has 0 aromatic heterocycles. The van der Waals surface area contributed by atoms with Crippen LogP contribution in [0.1, 0.15) is 43.0 Å². The van der Waals surface area contributed by atoms with Gasteiger partial charge in [-0.05, 0) is 38.7 Å². The number of benzene rings is 1. The first kappa shape index (κ1) is 21.5. The van der Waals surface area contributed by atoms with Crippen molar-refractivity contribution < 1.29 is 14.3 Å². The van der Waals surface area contributed by atoms with Gasteiger partial charge < -0.3 is 19.9 Å². The van der Waals surface area contributed by atoms with Crippen LogP contribution in [0.4, 0.5) is 0 Å². The van der Waals surface area contributed by atoms with Crippen molar-refractivity contribution in [3.63, 3.8) is 0 Å². The maximum Gasteiger partial charge on any atom is 0.251 e. The van der Waals surface area contributed by atoms with E-state index < -0.39 is 0 Å². The lowest BCUT2D eigenvalue weighted by Gasteiger charge is -2.32. The molecule has 6 nitrogen and oxygen atoms in total. The molecule has 0 radical (unpaired) electrons. The predicted molar refractivity (Wildman–Crippen MR) is 107 cm³/mol. The van der Waals surface area contributed by atoms with Crippen LogP contribution in [-0.2, 0) is 4.79 Å². The second-order valence-corrected chi connectivity index (χ2v) is 7.56. The van der Waals surface area contributed by atoms with E-state index in [-0.39, 0.29) is 17.9 Å². The van der Waals surface area contributed by atoms with Gasteiger partial charge in [-0.2, -0.15) is 0 Å². The molecule has 0 bridgehead atoms. The number of ether oxygens (including phenoxy) is 1. The number of carbonyl (C=O) groups excluding carboxylic acids is 2. The number of rotatable bonds is 8.